The molecule has 0 saturated heterocycles. The maximum atomic E-state index is 12.3. The summed E-state index contributed by atoms with van der Waals surface area (Å²) in [5.74, 6) is -0.149. The molecule has 0 aliphatic carbocycles. The zero-order valence-corrected chi connectivity index (χ0v) is 11.2. The molecule has 1 amide bonds. The fourth-order valence-electron chi connectivity index (χ4n) is 1.81. The molecule has 20 heavy (non-hydrogen) atoms. The molecule has 7 heteroatoms. The Balaban J connectivity index is 1.81. The molecule has 0 aliphatic heterocycles. The predicted octanol–water partition coefficient (Wildman–Crippen LogP) is 1.65. The van der Waals surface area contributed by atoms with Crippen LogP contribution in [0.25, 0.3) is 5.69 Å². The van der Waals surface area contributed by atoms with Gasteiger partial charge in [0, 0.05) is 4.88 Å². The normalized spacial score (nSPS) is 10.4. The lowest BCUT2D eigenvalue weighted by molar-refractivity contribution is 0.0951. The summed E-state index contributed by atoms with van der Waals surface area (Å²) in [6.45, 7) is 0.514. The van der Waals surface area contributed by atoms with Gasteiger partial charge in [-0.05, 0) is 34.0 Å². The van der Waals surface area contributed by atoms with E-state index in [0.717, 1.165) is 4.88 Å². The molecule has 0 saturated carbocycles. The van der Waals surface area contributed by atoms with Crippen molar-refractivity contribution in [2.75, 3.05) is 0 Å². The van der Waals surface area contributed by atoms with Gasteiger partial charge >= 0.3 is 0 Å². The Morgan fingerprint density at radius 1 is 1.25 bits per heavy atom. The Morgan fingerprint density at radius 3 is 2.90 bits per heavy atom. The van der Waals surface area contributed by atoms with Crippen LogP contribution in [-0.2, 0) is 6.54 Å². The number of thiophene rings is 1. The second-order valence-electron chi connectivity index (χ2n) is 4.03. The number of nitrogens with one attached hydrogen (secondary N) is 1. The summed E-state index contributed by atoms with van der Waals surface area (Å²) in [5, 5.41) is 15.9. The first kappa shape index (κ1) is 12.5. The molecule has 0 bridgehead atoms. The molecule has 1 aromatic carbocycles. The van der Waals surface area contributed by atoms with Gasteiger partial charge in [0.25, 0.3) is 5.91 Å². The minimum absolute atomic E-state index is 0.149. The molecule has 0 atom stereocenters. The molecule has 0 aliphatic rings. The number of carbonyl (C=O) groups is 1. The highest BCUT2D eigenvalue weighted by Crippen LogP contribution is 2.13. The lowest BCUT2D eigenvalue weighted by Crippen LogP contribution is -2.23. The van der Waals surface area contributed by atoms with Crippen LogP contribution in [0.1, 0.15) is 15.2 Å². The third-order valence-corrected chi connectivity index (χ3v) is 3.62. The van der Waals surface area contributed by atoms with Crippen LogP contribution in [0, 0.1) is 0 Å². The predicted molar refractivity (Wildman–Crippen MR) is 74.6 cm³/mol. The summed E-state index contributed by atoms with van der Waals surface area (Å²) in [7, 11) is 0. The van der Waals surface area contributed by atoms with Gasteiger partial charge in [-0.25, -0.2) is 0 Å². The second kappa shape index (κ2) is 5.62. The van der Waals surface area contributed by atoms with Crippen LogP contribution in [-0.4, -0.2) is 26.1 Å². The van der Waals surface area contributed by atoms with Gasteiger partial charge < -0.3 is 5.32 Å². The minimum Gasteiger partial charge on any atom is -0.347 e. The number of rotatable bonds is 4. The Kier molecular flexibility index (Phi) is 3.51. The number of hydrogen-bond donors (Lipinski definition) is 1. The van der Waals surface area contributed by atoms with Crippen molar-refractivity contribution in [2.45, 2.75) is 6.54 Å². The first-order valence-corrected chi connectivity index (χ1v) is 6.85. The summed E-state index contributed by atoms with van der Waals surface area (Å²) in [5.41, 5.74) is 1.19. The first-order chi connectivity index (χ1) is 9.84. The lowest BCUT2D eigenvalue weighted by Gasteiger charge is -2.08. The smallest absolute Gasteiger partial charge is 0.253 e. The number of aromatic nitrogens is 4. The zero-order chi connectivity index (χ0) is 13.8. The van der Waals surface area contributed by atoms with Crippen LogP contribution >= 0.6 is 11.3 Å². The number of nitrogens with zero attached hydrogens (tertiary/aromatic N) is 4. The molecule has 6 nitrogen and oxygen atoms in total. The van der Waals surface area contributed by atoms with Crippen molar-refractivity contribution < 1.29 is 4.79 Å². The van der Waals surface area contributed by atoms with Crippen molar-refractivity contribution in [3.63, 3.8) is 0 Å². The first-order valence-electron chi connectivity index (χ1n) is 5.97. The van der Waals surface area contributed by atoms with E-state index in [9.17, 15) is 4.79 Å². The van der Waals surface area contributed by atoms with Gasteiger partial charge in [0.05, 0.1) is 17.8 Å². The average molecular weight is 285 g/mol. The van der Waals surface area contributed by atoms with E-state index in [1.165, 1.54) is 11.0 Å². The summed E-state index contributed by atoms with van der Waals surface area (Å²) < 4.78 is 1.47. The van der Waals surface area contributed by atoms with E-state index in [0.29, 0.717) is 17.8 Å². The fourth-order valence-corrected chi connectivity index (χ4v) is 2.46. The monoisotopic (exact) mass is 285 g/mol. The summed E-state index contributed by atoms with van der Waals surface area (Å²) in [6, 6.07) is 11.2. The summed E-state index contributed by atoms with van der Waals surface area (Å²) >= 11 is 1.61. The fraction of sp³-hybridized carbons (Fsp3) is 0.0769. The van der Waals surface area contributed by atoms with Crippen LogP contribution < -0.4 is 5.32 Å². The molecule has 100 valence electrons. The van der Waals surface area contributed by atoms with Gasteiger partial charge in [-0.2, -0.15) is 4.68 Å². The standard InChI is InChI=1S/C13H11N5OS/c19-13(14-8-10-4-3-7-20-10)11-5-1-2-6-12(11)18-9-15-16-17-18/h1-7,9H,8H2,(H,14,19). The second-order valence-corrected chi connectivity index (χ2v) is 5.07. The summed E-state index contributed by atoms with van der Waals surface area (Å²) in [4.78, 5) is 13.4. The molecule has 1 N–H and O–H groups in total. The molecule has 0 unspecified atom stereocenters. The number of carbonyl (C=O) groups excluding carboxylic acids is 1. The molecule has 0 spiro atoms. The van der Waals surface area contributed by atoms with Crippen molar-refractivity contribution in [1.82, 2.24) is 25.5 Å². The van der Waals surface area contributed by atoms with Gasteiger partial charge in [-0.3, -0.25) is 4.79 Å². The van der Waals surface area contributed by atoms with Crippen LogP contribution in [0.5, 0.6) is 0 Å². The van der Waals surface area contributed by atoms with E-state index >= 15 is 0 Å². The van der Waals surface area contributed by atoms with Crippen molar-refractivity contribution in [2.24, 2.45) is 0 Å². The van der Waals surface area contributed by atoms with Crippen molar-refractivity contribution in [3.05, 3.63) is 58.5 Å². The van der Waals surface area contributed by atoms with Gasteiger partial charge in [0.1, 0.15) is 6.33 Å². The van der Waals surface area contributed by atoms with Gasteiger partial charge in [0.15, 0.2) is 0 Å². The molecule has 3 aromatic rings. The molecule has 2 heterocycles. The minimum atomic E-state index is -0.149. The maximum Gasteiger partial charge on any atom is 0.253 e. The van der Waals surface area contributed by atoms with E-state index < -0.39 is 0 Å². The summed E-state index contributed by atoms with van der Waals surface area (Å²) in [6.07, 6.45) is 1.46. The van der Waals surface area contributed by atoms with Gasteiger partial charge in [-0.1, -0.05) is 18.2 Å². The van der Waals surface area contributed by atoms with Crippen molar-refractivity contribution >= 4 is 17.2 Å². The zero-order valence-electron chi connectivity index (χ0n) is 10.4. The van der Waals surface area contributed by atoms with Crippen LogP contribution in [0.15, 0.2) is 48.1 Å². The Morgan fingerprint density at radius 2 is 2.15 bits per heavy atom. The molecular formula is C13H11N5OS. The van der Waals surface area contributed by atoms with E-state index in [2.05, 4.69) is 20.8 Å². The van der Waals surface area contributed by atoms with E-state index in [-0.39, 0.29) is 5.91 Å². The van der Waals surface area contributed by atoms with Crippen molar-refractivity contribution in [3.8, 4) is 5.69 Å². The maximum absolute atomic E-state index is 12.3. The molecule has 2 aromatic heterocycles. The number of amides is 1. The number of benzene rings is 1. The Hall–Kier alpha value is -2.54. The lowest BCUT2D eigenvalue weighted by atomic mass is 10.1. The third-order valence-electron chi connectivity index (χ3n) is 2.75. The topological polar surface area (TPSA) is 72.7 Å². The van der Waals surface area contributed by atoms with E-state index in [4.69, 9.17) is 0 Å². The number of tetrazole rings is 1. The molecule has 0 radical (unpaired) electrons. The SMILES string of the molecule is O=C(NCc1cccs1)c1ccccc1-n1cnnn1. The number of para-hydroxylation sites is 1. The Labute approximate surface area is 119 Å². The van der Waals surface area contributed by atoms with Crippen LogP contribution in [0.4, 0.5) is 0 Å². The largest absolute Gasteiger partial charge is 0.347 e. The quantitative estimate of drug-likeness (QED) is 0.791. The molecular weight excluding hydrogens is 274 g/mol. The highest BCUT2D eigenvalue weighted by atomic mass is 32.1. The van der Waals surface area contributed by atoms with E-state index in [1.807, 2.05) is 29.6 Å². The average Bonchev–Trinajstić information content (AvgIpc) is 3.18. The van der Waals surface area contributed by atoms with Crippen LogP contribution in [0.2, 0.25) is 0 Å². The van der Waals surface area contributed by atoms with Crippen LogP contribution in [0.3, 0.4) is 0 Å². The van der Waals surface area contributed by atoms with E-state index in [1.54, 1.807) is 23.5 Å². The van der Waals surface area contributed by atoms with Crippen molar-refractivity contribution in [1.29, 1.82) is 0 Å². The highest BCUT2D eigenvalue weighted by molar-refractivity contribution is 7.09. The van der Waals surface area contributed by atoms with Gasteiger partial charge in [0.2, 0.25) is 0 Å². The van der Waals surface area contributed by atoms with Gasteiger partial charge in [-0.15, -0.1) is 16.4 Å². The molecule has 0 fully saturated rings. The molecule has 3 rings (SSSR count). The Bertz CT molecular complexity index is 693. The third kappa shape index (κ3) is 2.57. The highest BCUT2D eigenvalue weighted by Gasteiger charge is 2.12. The number of hydrogen-bond acceptors (Lipinski definition) is 5.